The molecule has 1 aliphatic rings. The van der Waals surface area contributed by atoms with Crippen molar-refractivity contribution in [2.45, 2.75) is 11.4 Å². The smallest absolute Gasteiger partial charge is 0.408 e. The molecule has 0 saturated carbocycles. The van der Waals surface area contributed by atoms with Gasteiger partial charge in [0, 0.05) is 19.3 Å². The molecule has 2 aromatic heterocycles. The van der Waals surface area contributed by atoms with Crippen molar-refractivity contribution in [3.8, 4) is 0 Å². The first kappa shape index (κ1) is 17.6. The van der Waals surface area contributed by atoms with Gasteiger partial charge in [-0.1, -0.05) is 0 Å². The van der Waals surface area contributed by atoms with Crippen molar-refractivity contribution in [2.24, 2.45) is 0 Å². The lowest BCUT2D eigenvalue weighted by Gasteiger charge is -2.27. The molecule has 0 spiro atoms. The highest BCUT2D eigenvalue weighted by Gasteiger charge is 2.17. The molecule has 2 N–H and O–H groups in total. The zero-order valence-electron chi connectivity index (χ0n) is 14.2. The first-order valence-electron chi connectivity index (χ1n) is 8.28. The minimum atomic E-state index is -3.81. The Morgan fingerprint density at radius 2 is 2.04 bits per heavy atom. The van der Waals surface area contributed by atoms with E-state index in [1.54, 1.807) is 12.3 Å². The number of hydrogen-bond acceptors (Lipinski definition) is 8. The Balaban J connectivity index is 1.50. The Bertz CT molecular complexity index is 1120. The maximum atomic E-state index is 12.5. The molecule has 1 aromatic carbocycles. The molecule has 1 saturated heterocycles. The maximum absolute atomic E-state index is 12.5. The average Bonchev–Trinajstić information content (AvgIpc) is 3.06. The van der Waals surface area contributed by atoms with E-state index in [2.05, 4.69) is 24.6 Å². The van der Waals surface area contributed by atoms with E-state index >= 15 is 0 Å². The Morgan fingerprint density at radius 3 is 2.85 bits per heavy atom. The molecule has 0 bridgehead atoms. The second-order valence-electron chi connectivity index (χ2n) is 5.93. The number of fused-ring (bicyclic) bond motifs is 1. The topological polar surface area (TPSA) is 130 Å². The molecular formula is C16H17N5O5S. The van der Waals surface area contributed by atoms with E-state index in [0.717, 1.165) is 18.9 Å². The van der Waals surface area contributed by atoms with Crippen molar-refractivity contribution in [1.82, 2.24) is 19.7 Å². The highest BCUT2D eigenvalue weighted by atomic mass is 32.2. The van der Waals surface area contributed by atoms with E-state index in [1.807, 2.05) is 0 Å². The molecule has 27 heavy (non-hydrogen) atoms. The van der Waals surface area contributed by atoms with Gasteiger partial charge in [0.1, 0.15) is 11.6 Å². The van der Waals surface area contributed by atoms with Crippen LogP contribution in [0.3, 0.4) is 0 Å². The summed E-state index contributed by atoms with van der Waals surface area (Å²) in [5.41, 5.74) is 0.605. The molecule has 0 atom stereocenters. The number of nitrogens with zero attached hydrogens (tertiary/aromatic N) is 3. The standard InChI is InChI=1S/C16H17N5O5S/c22-16-19-12-9-11(1-2-13(12)26-16)27(23,24)18-10-14-17-4-3-15(20-14)21-5-7-25-8-6-21/h1-4,9,18H,5-8,10H2,(H,19,22). The lowest BCUT2D eigenvalue weighted by Crippen LogP contribution is -2.37. The second-order valence-corrected chi connectivity index (χ2v) is 7.69. The van der Waals surface area contributed by atoms with Gasteiger partial charge < -0.3 is 14.1 Å². The van der Waals surface area contributed by atoms with Crippen LogP contribution in [0, 0.1) is 0 Å². The Hall–Kier alpha value is -2.76. The van der Waals surface area contributed by atoms with Crippen molar-refractivity contribution < 1.29 is 17.6 Å². The zero-order valence-corrected chi connectivity index (χ0v) is 15.0. The number of sulfonamides is 1. The molecular weight excluding hydrogens is 374 g/mol. The Kier molecular flexibility index (Phi) is 4.64. The largest absolute Gasteiger partial charge is 0.417 e. The first-order chi connectivity index (χ1) is 13.0. The van der Waals surface area contributed by atoms with E-state index in [-0.39, 0.29) is 11.4 Å². The summed E-state index contributed by atoms with van der Waals surface area (Å²) in [6.07, 6.45) is 1.60. The van der Waals surface area contributed by atoms with Crippen LogP contribution >= 0.6 is 0 Å². The molecule has 1 aliphatic heterocycles. The van der Waals surface area contributed by atoms with E-state index in [4.69, 9.17) is 9.15 Å². The number of aromatic amines is 1. The molecule has 0 unspecified atom stereocenters. The van der Waals surface area contributed by atoms with Crippen molar-refractivity contribution in [1.29, 1.82) is 0 Å². The molecule has 3 aromatic rings. The van der Waals surface area contributed by atoms with E-state index in [0.29, 0.717) is 30.1 Å². The number of anilines is 1. The van der Waals surface area contributed by atoms with Crippen LogP contribution in [0.1, 0.15) is 5.82 Å². The molecule has 0 radical (unpaired) electrons. The highest BCUT2D eigenvalue weighted by molar-refractivity contribution is 7.89. The summed E-state index contributed by atoms with van der Waals surface area (Å²) in [5.74, 6) is 0.459. The Labute approximate surface area is 154 Å². The number of H-pyrrole nitrogens is 1. The van der Waals surface area contributed by atoms with Gasteiger partial charge in [-0.25, -0.2) is 27.9 Å². The van der Waals surface area contributed by atoms with Gasteiger partial charge in [0.25, 0.3) is 0 Å². The third-order valence-corrected chi connectivity index (χ3v) is 5.55. The van der Waals surface area contributed by atoms with E-state index in [9.17, 15) is 13.2 Å². The fourth-order valence-electron chi connectivity index (χ4n) is 2.78. The molecule has 1 fully saturated rings. The molecule has 0 amide bonds. The van der Waals surface area contributed by atoms with Crippen molar-refractivity contribution in [2.75, 3.05) is 31.2 Å². The fraction of sp³-hybridized carbons (Fsp3) is 0.312. The summed E-state index contributed by atoms with van der Waals surface area (Å²) in [4.78, 5) is 24.3. The lowest BCUT2D eigenvalue weighted by atomic mass is 10.3. The number of benzene rings is 1. The molecule has 10 nitrogen and oxygen atoms in total. The summed E-state index contributed by atoms with van der Waals surface area (Å²) in [6, 6.07) is 5.92. The maximum Gasteiger partial charge on any atom is 0.417 e. The second kappa shape index (κ2) is 7.10. The van der Waals surface area contributed by atoms with Gasteiger partial charge in [0.2, 0.25) is 10.0 Å². The van der Waals surface area contributed by atoms with Gasteiger partial charge >= 0.3 is 5.76 Å². The number of morpholine rings is 1. The number of hydrogen-bond donors (Lipinski definition) is 2. The molecule has 0 aliphatic carbocycles. The average molecular weight is 391 g/mol. The normalized spacial score (nSPS) is 15.3. The third-order valence-electron chi connectivity index (χ3n) is 4.15. The lowest BCUT2D eigenvalue weighted by molar-refractivity contribution is 0.122. The summed E-state index contributed by atoms with van der Waals surface area (Å²) < 4.78 is 37.7. The zero-order chi connectivity index (χ0) is 18.9. The number of rotatable bonds is 5. The van der Waals surface area contributed by atoms with E-state index in [1.165, 1.54) is 18.2 Å². The number of aromatic nitrogens is 3. The SMILES string of the molecule is O=c1[nH]c2cc(S(=O)(=O)NCc3nccc(N4CCOCC4)n3)ccc2o1. The van der Waals surface area contributed by atoms with Crippen molar-refractivity contribution in [3.05, 3.63) is 46.8 Å². The van der Waals surface area contributed by atoms with Crippen LogP contribution in [0.15, 0.2) is 44.6 Å². The molecule has 142 valence electrons. The monoisotopic (exact) mass is 391 g/mol. The fourth-order valence-corrected chi connectivity index (χ4v) is 3.79. The predicted molar refractivity (Wildman–Crippen MR) is 95.9 cm³/mol. The van der Waals surface area contributed by atoms with Gasteiger partial charge in [0.05, 0.1) is 30.2 Å². The Morgan fingerprint density at radius 1 is 1.22 bits per heavy atom. The van der Waals surface area contributed by atoms with E-state index < -0.39 is 15.8 Å². The molecule has 3 heterocycles. The minimum Gasteiger partial charge on any atom is -0.408 e. The quantitative estimate of drug-likeness (QED) is 0.632. The molecule has 11 heteroatoms. The summed E-state index contributed by atoms with van der Waals surface area (Å²) in [6.45, 7) is 2.66. The summed E-state index contributed by atoms with van der Waals surface area (Å²) in [5, 5.41) is 0. The van der Waals surface area contributed by atoms with Crippen LogP contribution in [0.4, 0.5) is 5.82 Å². The summed E-state index contributed by atoms with van der Waals surface area (Å²) >= 11 is 0. The summed E-state index contributed by atoms with van der Waals surface area (Å²) in [7, 11) is -3.81. The number of ether oxygens (including phenoxy) is 1. The van der Waals surface area contributed by atoms with Gasteiger partial charge in [-0.05, 0) is 24.3 Å². The number of nitrogens with one attached hydrogen (secondary N) is 2. The van der Waals surface area contributed by atoms with Crippen LogP contribution in [0.5, 0.6) is 0 Å². The van der Waals surface area contributed by atoms with Crippen LogP contribution in [0.25, 0.3) is 11.1 Å². The van der Waals surface area contributed by atoms with Crippen LogP contribution < -0.4 is 15.4 Å². The van der Waals surface area contributed by atoms with Gasteiger partial charge in [0.15, 0.2) is 5.58 Å². The molecule has 4 rings (SSSR count). The minimum absolute atomic E-state index is 0.0105. The van der Waals surface area contributed by atoms with Crippen LogP contribution in [-0.4, -0.2) is 49.7 Å². The van der Waals surface area contributed by atoms with Crippen LogP contribution in [0.2, 0.25) is 0 Å². The van der Waals surface area contributed by atoms with Gasteiger partial charge in [-0.15, -0.1) is 0 Å². The van der Waals surface area contributed by atoms with Crippen molar-refractivity contribution in [3.63, 3.8) is 0 Å². The highest BCUT2D eigenvalue weighted by Crippen LogP contribution is 2.17. The van der Waals surface area contributed by atoms with Gasteiger partial charge in [-0.3, -0.25) is 4.98 Å². The predicted octanol–water partition coefficient (Wildman–Crippen LogP) is 0.226. The van der Waals surface area contributed by atoms with Gasteiger partial charge in [-0.2, -0.15) is 0 Å². The van der Waals surface area contributed by atoms with Crippen LogP contribution in [-0.2, 0) is 21.3 Å². The third kappa shape index (κ3) is 3.84. The number of oxazole rings is 1. The van der Waals surface area contributed by atoms with Crippen molar-refractivity contribution >= 4 is 26.9 Å². The first-order valence-corrected chi connectivity index (χ1v) is 9.77.